The molecule has 1 aliphatic rings. The van der Waals surface area contributed by atoms with Crippen molar-refractivity contribution in [1.29, 1.82) is 0 Å². The van der Waals surface area contributed by atoms with Gasteiger partial charge in [0.05, 0.1) is 29.8 Å². The molecular formula is C32H33N5O9S. The van der Waals surface area contributed by atoms with Gasteiger partial charge in [0.15, 0.2) is 20.7 Å². The summed E-state index contributed by atoms with van der Waals surface area (Å²) in [4.78, 5) is 56.6. The third kappa shape index (κ3) is 8.17. The minimum atomic E-state index is -4.40. The summed E-state index contributed by atoms with van der Waals surface area (Å²) in [6, 6.07) is 20.6. The number of sulfone groups is 1. The molecule has 2 N–H and O–H groups in total. The lowest BCUT2D eigenvalue weighted by molar-refractivity contribution is -0.385. The summed E-state index contributed by atoms with van der Waals surface area (Å²) >= 11 is 0. The van der Waals surface area contributed by atoms with Crippen molar-refractivity contribution >= 4 is 44.3 Å². The summed E-state index contributed by atoms with van der Waals surface area (Å²) in [5.74, 6) is -3.03. The number of aromatic nitrogens is 1. The van der Waals surface area contributed by atoms with Crippen LogP contribution in [0.15, 0.2) is 83.3 Å². The first-order chi connectivity index (χ1) is 22.6. The number of nitrogens with zero attached hydrogens (tertiary/aromatic N) is 3. The van der Waals surface area contributed by atoms with Crippen LogP contribution in [0.4, 0.5) is 10.5 Å². The van der Waals surface area contributed by atoms with Gasteiger partial charge in [-0.2, -0.15) is 0 Å². The molecule has 1 aliphatic heterocycles. The Labute approximate surface area is 270 Å². The fraction of sp³-hybridized carbons (Fsp3) is 0.312. The number of nitro groups is 1. The Balaban J connectivity index is 1.34. The van der Waals surface area contributed by atoms with Gasteiger partial charge >= 0.3 is 6.03 Å². The molecule has 2 unspecified atom stereocenters. The number of nitrogens with one attached hydrogen (secondary N) is 2. The lowest BCUT2D eigenvalue weighted by Crippen LogP contribution is -2.52. The molecular weight excluding hydrogens is 630 g/mol. The van der Waals surface area contributed by atoms with E-state index in [1.807, 2.05) is 0 Å². The molecule has 3 amide bonds. The van der Waals surface area contributed by atoms with Crippen LogP contribution < -0.4 is 10.6 Å². The van der Waals surface area contributed by atoms with Crippen molar-refractivity contribution in [3.63, 3.8) is 0 Å². The Morgan fingerprint density at radius 3 is 2.34 bits per heavy atom. The monoisotopic (exact) mass is 663 g/mol. The van der Waals surface area contributed by atoms with E-state index in [1.54, 1.807) is 54.6 Å². The first kappa shape index (κ1) is 33.2. The summed E-state index contributed by atoms with van der Waals surface area (Å²) in [5, 5.41) is 14.9. The maximum Gasteiger partial charge on any atom is 0.317 e. The molecule has 14 nitrogen and oxygen atoms in total. The number of ether oxygens (including phenoxy) is 1. The Kier molecular flexibility index (Phi) is 10.6. The summed E-state index contributed by atoms with van der Waals surface area (Å²) in [6.45, 7) is 0.534. The van der Waals surface area contributed by atoms with E-state index < -0.39 is 61.6 Å². The van der Waals surface area contributed by atoms with Gasteiger partial charge in [-0.3, -0.25) is 19.7 Å². The molecule has 0 spiro atoms. The van der Waals surface area contributed by atoms with Crippen molar-refractivity contribution in [1.82, 2.24) is 20.5 Å². The lowest BCUT2D eigenvalue weighted by atomic mass is 9.91. The fourth-order valence-electron chi connectivity index (χ4n) is 5.28. The smallest absolute Gasteiger partial charge is 0.317 e. The van der Waals surface area contributed by atoms with Crippen LogP contribution >= 0.6 is 0 Å². The topological polar surface area (TPSA) is 191 Å². The van der Waals surface area contributed by atoms with Gasteiger partial charge in [0.2, 0.25) is 11.7 Å². The van der Waals surface area contributed by atoms with Crippen molar-refractivity contribution in [2.75, 3.05) is 39.4 Å². The molecule has 3 aromatic carbocycles. The zero-order valence-electron chi connectivity index (χ0n) is 25.2. The van der Waals surface area contributed by atoms with Crippen LogP contribution in [0.1, 0.15) is 34.2 Å². The van der Waals surface area contributed by atoms with Crippen LogP contribution in [0.2, 0.25) is 0 Å². The Hall–Kier alpha value is -5.15. The number of hydrogen-bond acceptors (Lipinski definition) is 10. The molecule has 1 fully saturated rings. The molecule has 0 radical (unpaired) electrons. The second-order valence-corrected chi connectivity index (χ2v) is 13.0. The fourth-order valence-corrected chi connectivity index (χ4v) is 6.91. The van der Waals surface area contributed by atoms with E-state index in [-0.39, 0.29) is 24.4 Å². The van der Waals surface area contributed by atoms with E-state index in [1.165, 1.54) is 29.2 Å². The number of oxazole rings is 1. The number of hydrogen-bond donors (Lipinski definition) is 2. The highest BCUT2D eigenvalue weighted by molar-refractivity contribution is 7.92. The maximum atomic E-state index is 13.7. The van der Waals surface area contributed by atoms with E-state index in [2.05, 4.69) is 15.6 Å². The summed E-state index contributed by atoms with van der Waals surface area (Å²) in [7, 11) is -4.40. The van der Waals surface area contributed by atoms with Gasteiger partial charge < -0.3 is 24.7 Å². The first-order valence-corrected chi connectivity index (χ1v) is 16.6. The highest BCUT2D eigenvalue weighted by Crippen LogP contribution is 2.26. The molecule has 246 valence electrons. The highest BCUT2D eigenvalue weighted by atomic mass is 32.2. The van der Waals surface area contributed by atoms with Crippen molar-refractivity contribution in [3.05, 3.63) is 106 Å². The lowest BCUT2D eigenvalue weighted by Gasteiger charge is -2.27. The van der Waals surface area contributed by atoms with Gasteiger partial charge in [-0.25, -0.2) is 18.2 Å². The van der Waals surface area contributed by atoms with E-state index in [0.29, 0.717) is 43.0 Å². The first-order valence-electron chi connectivity index (χ1n) is 14.9. The van der Waals surface area contributed by atoms with Crippen molar-refractivity contribution in [3.8, 4) is 0 Å². The minimum Gasteiger partial charge on any atom is -0.434 e. The summed E-state index contributed by atoms with van der Waals surface area (Å²) in [6.07, 6.45) is 0.0738. The zero-order chi connectivity index (χ0) is 33.4. The number of carbonyl (C=O) groups is 3. The third-order valence-corrected chi connectivity index (χ3v) is 9.72. The molecule has 0 bridgehead atoms. The van der Waals surface area contributed by atoms with Crippen LogP contribution in [-0.2, 0) is 25.1 Å². The molecule has 0 saturated carbocycles. The number of ketones is 1. The van der Waals surface area contributed by atoms with Gasteiger partial charge in [0.1, 0.15) is 5.52 Å². The zero-order valence-corrected chi connectivity index (χ0v) is 26.1. The van der Waals surface area contributed by atoms with Crippen LogP contribution in [0.25, 0.3) is 11.1 Å². The molecule has 2 atom stereocenters. The summed E-state index contributed by atoms with van der Waals surface area (Å²) < 4.78 is 38.3. The van der Waals surface area contributed by atoms with Gasteiger partial charge in [-0.1, -0.05) is 60.7 Å². The van der Waals surface area contributed by atoms with E-state index >= 15 is 0 Å². The molecule has 2 heterocycles. The predicted molar refractivity (Wildman–Crippen MR) is 170 cm³/mol. The van der Waals surface area contributed by atoms with Crippen LogP contribution in [0, 0.1) is 10.1 Å². The molecule has 15 heteroatoms. The molecule has 0 aliphatic carbocycles. The average molecular weight is 664 g/mol. The molecule has 1 aromatic heterocycles. The predicted octanol–water partition coefficient (Wildman–Crippen LogP) is 3.23. The number of rotatable bonds is 13. The van der Waals surface area contributed by atoms with Gasteiger partial charge in [0.25, 0.3) is 11.6 Å². The largest absolute Gasteiger partial charge is 0.434 e. The average Bonchev–Trinajstić information content (AvgIpc) is 3.52. The number of benzene rings is 3. The maximum absolute atomic E-state index is 13.7. The third-order valence-electron chi connectivity index (χ3n) is 7.76. The number of para-hydroxylation sites is 3. The number of carbonyl (C=O) groups excluding carboxylic acids is 3. The SMILES string of the molecule is O=C(c1nc2ccccc2o1)C(CCNC(=O)C(CNC(=O)N1CCOCC1)S(=O)(=O)Cc1ccccc1[N+](=O)[O-])c1ccccc1. The van der Waals surface area contributed by atoms with Gasteiger partial charge in [0, 0.05) is 37.8 Å². The van der Waals surface area contributed by atoms with Crippen LogP contribution in [-0.4, -0.2) is 85.6 Å². The second-order valence-electron chi connectivity index (χ2n) is 10.9. The quantitative estimate of drug-likeness (QED) is 0.122. The number of nitro benzene ring substituents is 1. The van der Waals surface area contributed by atoms with Gasteiger partial charge in [-0.15, -0.1) is 0 Å². The normalized spacial score (nSPS) is 14.7. The molecule has 47 heavy (non-hydrogen) atoms. The second kappa shape index (κ2) is 15.0. The van der Waals surface area contributed by atoms with Gasteiger partial charge in [-0.05, 0) is 24.1 Å². The standard InChI is InChI=1S/C32H33N5O9S/c38-29(31-35-25-11-5-7-13-27(25)46-31)24(22-8-2-1-3-9-22)14-15-33-30(39)28(20-34-32(40)36-16-18-45-19-17-36)47(43,44)21-23-10-4-6-12-26(23)37(41)42/h1-13,24,28H,14-21H2,(H,33,39)(H,34,40). The van der Waals surface area contributed by atoms with Crippen LogP contribution in [0.5, 0.6) is 0 Å². The Bertz CT molecular complexity index is 1820. The number of morpholine rings is 1. The van der Waals surface area contributed by atoms with Crippen molar-refractivity contribution in [2.45, 2.75) is 23.3 Å². The van der Waals surface area contributed by atoms with E-state index in [0.717, 1.165) is 0 Å². The van der Waals surface area contributed by atoms with E-state index in [9.17, 15) is 32.9 Å². The molecule has 4 aromatic rings. The summed E-state index contributed by atoms with van der Waals surface area (Å²) in [5.41, 5.74) is 1.11. The number of urea groups is 1. The number of Topliss-reactive ketones (excluding diaryl/α,β-unsaturated/α-hetero) is 1. The molecule has 5 rings (SSSR count). The molecule has 1 saturated heterocycles. The van der Waals surface area contributed by atoms with Crippen LogP contribution in [0.3, 0.4) is 0 Å². The number of amides is 3. The Morgan fingerprint density at radius 2 is 1.62 bits per heavy atom. The Morgan fingerprint density at radius 1 is 0.936 bits per heavy atom. The van der Waals surface area contributed by atoms with Crippen molar-refractivity contribution in [2.24, 2.45) is 0 Å². The number of fused-ring (bicyclic) bond motifs is 1. The highest BCUT2D eigenvalue weighted by Gasteiger charge is 2.36. The van der Waals surface area contributed by atoms with E-state index in [4.69, 9.17) is 9.15 Å². The van der Waals surface area contributed by atoms with Crippen molar-refractivity contribution < 1.29 is 36.9 Å². The minimum absolute atomic E-state index is 0.0738.